The zero-order valence-corrected chi connectivity index (χ0v) is 7.14. The van der Waals surface area contributed by atoms with E-state index in [1.165, 1.54) is 5.21 Å². The highest BCUT2D eigenvalue weighted by atomic mass is 32.2. The quantitative estimate of drug-likeness (QED) is 0.572. The van der Waals surface area contributed by atoms with Gasteiger partial charge in [0.15, 0.2) is 16.4 Å². The Labute approximate surface area is 76.1 Å². The molecule has 0 amide bonds. The maximum atomic E-state index is 12.7. The van der Waals surface area contributed by atoms with Crippen LogP contribution in [0.5, 0.6) is 0 Å². The molecule has 0 aliphatic heterocycles. The average Bonchev–Trinajstić information content (AvgIpc) is 2.48. The van der Waals surface area contributed by atoms with Crippen LogP contribution < -0.4 is 0 Å². The molecule has 0 aliphatic rings. The number of H-pyrrole nitrogens is 1. The minimum absolute atomic E-state index is 1.27. The van der Waals surface area contributed by atoms with Crippen LogP contribution in [-0.2, 0) is 16.9 Å². The van der Waals surface area contributed by atoms with Crippen molar-refractivity contribution in [3.8, 4) is 0 Å². The van der Waals surface area contributed by atoms with Gasteiger partial charge in [0, 0.05) is 0 Å². The van der Waals surface area contributed by atoms with Crippen LogP contribution in [0, 0.1) is 0 Å². The van der Waals surface area contributed by atoms with Crippen LogP contribution in [0.15, 0.2) is 0 Å². The van der Waals surface area contributed by atoms with Gasteiger partial charge in [-0.2, -0.15) is 28.6 Å². The smallest absolute Gasteiger partial charge is 0.228 e. The van der Waals surface area contributed by atoms with Crippen molar-refractivity contribution in [1.82, 2.24) is 15.4 Å². The Balaban J connectivity index is 3.17. The van der Waals surface area contributed by atoms with E-state index in [1.54, 1.807) is 0 Å². The van der Waals surface area contributed by atoms with Gasteiger partial charge in [-0.05, 0) is 0 Å². The first-order valence-electron chi connectivity index (χ1n) is 3.09. The van der Waals surface area contributed by atoms with E-state index in [9.17, 15) is 26.0 Å². The molecule has 0 radical (unpaired) electrons. The van der Waals surface area contributed by atoms with Crippen molar-refractivity contribution < 1.29 is 26.0 Å². The molecular formula is C4H3F4N3O2S. The number of aromatic nitrogens is 3. The Morgan fingerprint density at radius 3 is 2.29 bits per heavy atom. The molecule has 1 heterocycles. The molecule has 0 aliphatic carbocycles. The molecule has 0 bridgehead atoms. The molecule has 10 heteroatoms. The number of halogens is 4. The number of hydrogen-bond acceptors (Lipinski definition) is 4. The van der Waals surface area contributed by atoms with Gasteiger partial charge in [0.1, 0.15) is 5.69 Å². The third kappa shape index (κ3) is 2.00. The van der Waals surface area contributed by atoms with Crippen LogP contribution in [0.4, 0.5) is 17.6 Å². The number of hydrogen-bond donors (Lipinski definition) is 2. The summed E-state index contributed by atoms with van der Waals surface area (Å²) in [6.07, 6.45) is -4.93. The molecule has 80 valence electrons. The first-order chi connectivity index (χ1) is 6.34. The van der Waals surface area contributed by atoms with E-state index in [4.69, 9.17) is 0 Å². The summed E-state index contributed by atoms with van der Waals surface area (Å²) >= 11 is 0. The Morgan fingerprint density at radius 2 is 1.86 bits per heavy atom. The van der Waals surface area contributed by atoms with Gasteiger partial charge in [-0.25, -0.2) is 12.8 Å². The lowest BCUT2D eigenvalue weighted by Gasteiger charge is -2.03. The van der Waals surface area contributed by atoms with Crippen molar-refractivity contribution in [2.75, 3.05) is 0 Å². The summed E-state index contributed by atoms with van der Waals surface area (Å²) in [7, 11) is -3.66. The molecular weight excluding hydrogens is 230 g/mol. The topological polar surface area (TPSA) is 75.7 Å². The van der Waals surface area contributed by atoms with Crippen LogP contribution in [0.1, 0.15) is 16.9 Å². The number of nitrogens with zero attached hydrogens (tertiary/aromatic N) is 2. The fourth-order valence-corrected chi connectivity index (χ4v) is 1.09. The lowest BCUT2D eigenvalue weighted by atomic mass is 10.3. The molecule has 1 atom stereocenters. The highest BCUT2D eigenvalue weighted by Crippen LogP contribution is 2.32. The van der Waals surface area contributed by atoms with E-state index in [1.807, 2.05) is 0 Å². The van der Waals surface area contributed by atoms with Crippen molar-refractivity contribution in [3.63, 3.8) is 0 Å². The van der Waals surface area contributed by atoms with Crippen molar-refractivity contribution in [3.05, 3.63) is 11.4 Å². The predicted molar refractivity (Wildman–Crippen MR) is 35.5 cm³/mol. The van der Waals surface area contributed by atoms with Crippen molar-refractivity contribution >= 4 is 10.7 Å². The highest BCUT2D eigenvalue weighted by Gasteiger charge is 2.40. The monoisotopic (exact) mass is 233 g/mol. The van der Waals surface area contributed by atoms with Gasteiger partial charge in [0.25, 0.3) is 0 Å². The lowest BCUT2D eigenvalue weighted by molar-refractivity contribution is -0.142. The van der Waals surface area contributed by atoms with Gasteiger partial charge in [-0.15, -0.1) is 0 Å². The predicted octanol–water partition coefficient (Wildman–Crippen LogP) is 0.403. The summed E-state index contributed by atoms with van der Waals surface area (Å²) in [6, 6.07) is 0. The summed E-state index contributed by atoms with van der Waals surface area (Å²) < 4.78 is 68.9. The van der Waals surface area contributed by atoms with Gasteiger partial charge in [-0.1, -0.05) is 0 Å². The zero-order chi connectivity index (χ0) is 10.9. The van der Waals surface area contributed by atoms with E-state index in [2.05, 4.69) is 10.2 Å². The summed E-state index contributed by atoms with van der Waals surface area (Å²) in [6.45, 7) is 0. The van der Waals surface area contributed by atoms with E-state index < -0.39 is 33.8 Å². The molecule has 0 fully saturated rings. The van der Waals surface area contributed by atoms with E-state index in [0.717, 1.165) is 0 Å². The number of aromatic amines is 1. The number of nitrogens with one attached hydrogen (secondary N) is 1. The Morgan fingerprint density at radius 1 is 1.29 bits per heavy atom. The molecule has 1 aromatic heterocycles. The van der Waals surface area contributed by atoms with Crippen LogP contribution in [0.3, 0.4) is 0 Å². The average molecular weight is 233 g/mol. The number of thiol groups is 1. The molecule has 14 heavy (non-hydrogen) atoms. The van der Waals surface area contributed by atoms with Crippen molar-refractivity contribution in [1.29, 1.82) is 0 Å². The fraction of sp³-hybridized carbons (Fsp3) is 0.500. The summed E-state index contributed by atoms with van der Waals surface area (Å²) in [5.41, 5.74) is -5.74. The molecule has 5 nitrogen and oxygen atoms in total. The minimum Gasteiger partial charge on any atom is -0.228 e. The van der Waals surface area contributed by atoms with Crippen LogP contribution >= 0.6 is 0 Å². The van der Waals surface area contributed by atoms with Crippen molar-refractivity contribution in [2.45, 2.75) is 11.7 Å². The van der Waals surface area contributed by atoms with Gasteiger partial charge in [-0.3, -0.25) is 0 Å². The van der Waals surface area contributed by atoms with Gasteiger partial charge < -0.3 is 0 Å². The van der Waals surface area contributed by atoms with E-state index >= 15 is 0 Å². The Hall–Kier alpha value is -1.19. The van der Waals surface area contributed by atoms with Crippen LogP contribution in [0.2, 0.25) is 0 Å². The SMILES string of the molecule is O=[SH](=O)C(F)c1n[nH]nc1C(F)(F)F. The van der Waals surface area contributed by atoms with Gasteiger partial charge in [0.2, 0.25) is 5.50 Å². The summed E-state index contributed by atoms with van der Waals surface area (Å²) in [4.78, 5) is 0. The van der Waals surface area contributed by atoms with E-state index in [0.29, 0.717) is 0 Å². The normalized spacial score (nSPS) is 14.6. The fourth-order valence-electron chi connectivity index (χ4n) is 0.714. The van der Waals surface area contributed by atoms with Gasteiger partial charge in [0.05, 0.1) is 0 Å². The van der Waals surface area contributed by atoms with Crippen LogP contribution in [-0.4, -0.2) is 23.8 Å². The minimum atomic E-state index is -4.93. The lowest BCUT2D eigenvalue weighted by Crippen LogP contribution is -2.11. The number of alkyl halides is 4. The number of rotatable bonds is 2. The summed E-state index contributed by atoms with van der Waals surface area (Å²) in [5, 5.41) is 6.92. The largest absolute Gasteiger partial charge is 0.437 e. The second-order valence-electron chi connectivity index (χ2n) is 2.18. The van der Waals surface area contributed by atoms with E-state index in [-0.39, 0.29) is 0 Å². The first kappa shape index (κ1) is 10.9. The van der Waals surface area contributed by atoms with Crippen molar-refractivity contribution in [2.24, 2.45) is 0 Å². The second kappa shape index (κ2) is 3.52. The second-order valence-corrected chi connectivity index (χ2v) is 3.20. The maximum absolute atomic E-state index is 12.7. The molecule has 1 N–H and O–H groups in total. The third-order valence-corrected chi connectivity index (χ3v) is 1.87. The Bertz CT molecular complexity index is 390. The molecule has 0 aromatic carbocycles. The molecule has 1 unspecified atom stereocenters. The van der Waals surface area contributed by atoms with Gasteiger partial charge >= 0.3 is 6.18 Å². The van der Waals surface area contributed by atoms with Crippen LogP contribution in [0.25, 0.3) is 0 Å². The Kier molecular flexibility index (Phi) is 2.73. The molecule has 1 aromatic rings. The first-order valence-corrected chi connectivity index (χ1v) is 4.34. The summed E-state index contributed by atoms with van der Waals surface area (Å²) in [5.74, 6) is 0. The molecule has 0 spiro atoms. The maximum Gasteiger partial charge on any atom is 0.437 e. The molecule has 1 rings (SSSR count). The molecule has 0 saturated heterocycles. The zero-order valence-electron chi connectivity index (χ0n) is 6.25. The third-order valence-electron chi connectivity index (χ3n) is 1.25. The molecule has 0 saturated carbocycles. The highest BCUT2D eigenvalue weighted by molar-refractivity contribution is 7.72. The standard InChI is InChI=1S/C4H3F4N3O2S/c5-3(14(12)13)1-2(4(6,7)8)10-11-9-1/h3,14H,(H,9,10,11).